The van der Waals surface area contributed by atoms with Gasteiger partial charge in [0, 0.05) is 22.3 Å². The molecule has 0 aliphatic carbocycles. The first-order valence-electron chi connectivity index (χ1n) is 7.43. The molecular formula is C18H6Fe3O12. The molecule has 2 aromatic carbocycles. The normalized spacial score (nSPS) is 8.73. The number of benzene rings is 2. The summed E-state index contributed by atoms with van der Waals surface area (Å²) in [6.45, 7) is 0. The minimum atomic E-state index is -1.79. The zero-order chi connectivity index (χ0) is 23.2. The Morgan fingerprint density at radius 2 is 0.636 bits per heavy atom. The number of carbonyl (C=O) groups excluding carboxylic acids is 6. The van der Waals surface area contributed by atoms with E-state index in [0.717, 1.165) is 24.3 Å². The van der Waals surface area contributed by atoms with Gasteiger partial charge in [-0.05, 0) is 23.3 Å². The molecule has 0 aromatic heterocycles. The largest absolute Gasteiger partial charge is 2.00 e. The Labute approximate surface area is 215 Å². The Balaban J connectivity index is -0.000000500. The minimum Gasteiger partial charge on any atom is -0.545 e. The van der Waals surface area contributed by atoms with Crippen molar-refractivity contribution in [2.45, 2.75) is 0 Å². The van der Waals surface area contributed by atoms with E-state index < -0.39 is 69.2 Å². The summed E-state index contributed by atoms with van der Waals surface area (Å²) in [4.78, 5) is 62.6. The van der Waals surface area contributed by atoms with E-state index in [9.17, 15) is 59.4 Å². The van der Waals surface area contributed by atoms with Crippen LogP contribution in [0.15, 0.2) is 36.4 Å². The van der Waals surface area contributed by atoms with Gasteiger partial charge in [-0.25, -0.2) is 0 Å². The first kappa shape index (κ1) is 34.4. The molecule has 0 atom stereocenters. The number of carboxylic acids is 6. The van der Waals surface area contributed by atoms with Crippen molar-refractivity contribution >= 4 is 35.8 Å². The van der Waals surface area contributed by atoms with Crippen LogP contribution in [0.4, 0.5) is 0 Å². The summed E-state index contributed by atoms with van der Waals surface area (Å²) < 4.78 is 0. The molecular weight excluding hydrogens is 576 g/mol. The maximum absolute atomic E-state index is 10.5. The second kappa shape index (κ2) is 14.8. The fourth-order valence-corrected chi connectivity index (χ4v) is 2.04. The summed E-state index contributed by atoms with van der Waals surface area (Å²) in [6.07, 6.45) is 0. The maximum atomic E-state index is 10.5. The van der Waals surface area contributed by atoms with E-state index >= 15 is 0 Å². The van der Waals surface area contributed by atoms with Gasteiger partial charge < -0.3 is 59.4 Å². The quantitative estimate of drug-likeness (QED) is 0.289. The topological polar surface area (TPSA) is 241 Å². The third kappa shape index (κ3) is 9.46. The first-order valence-corrected chi connectivity index (χ1v) is 7.43. The molecule has 0 saturated carbocycles. The number of carboxylic acid groups (broad SMARTS) is 6. The van der Waals surface area contributed by atoms with Crippen LogP contribution in [0.2, 0.25) is 0 Å². The molecule has 0 amide bonds. The van der Waals surface area contributed by atoms with Gasteiger partial charge in [-0.15, -0.1) is 0 Å². The van der Waals surface area contributed by atoms with E-state index in [0.29, 0.717) is 12.1 Å². The summed E-state index contributed by atoms with van der Waals surface area (Å²) in [7, 11) is 0. The van der Waals surface area contributed by atoms with Crippen molar-refractivity contribution in [3.63, 3.8) is 0 Å². The number of aromatic carboxylic acids is 6. The van der Waals surface area contributed by atoms with Crippen molar-refractivity contribution in [3.8, 4) is 0 Å². The van der Waals surface area contributed by atoms with Gasteiger partial charge >= 0.3 is 51.2 Å². The van der Waals surface area contributed by atoms with Crippen LogP contribution >= 0.6 is 0 Å². The molecule has 0 fully saturated rings. The van der Waals surface area contributed by atoms with Gasteiger partial charge in [0.1, 0.15) is 0 Å². The van der Waals surface area contributed by atoms with Crippen molar-refractivity contribution in [1.29, 1.82) is 0 Å². The third-order valence-electron chi connectivity index (χ3n) is 3.39. The van der Waals surface area contributed by atoms with Crippen LogP contribution in [0.25, 0.3) is 0 Å². The van der Waals surface area contributed by atoms with E-state index in [2.05, 4.69) is 0 Å². The van der Waals surface area contributed by atoms with E-state index in [1.54, 1.807) is 0 Å². The van der Waals surface area contributed by atoms with Crippen molar-refractivity contribution in [2.75, 3.05) is 0 Å². The van der Waals surface area contributed by atoms with Crippen molar-refractivity contribution < 1.29 is 111 Å². The molecule has 0 heterocycles. The second-order valence-corrected chi connectivity index (χ2v) is 5.25. The molecule has 174 valence electrons. The molecule has 2 aromatic rings. The van der Waals surface area contributed by atoms with Crippen LogP contribution in [0.5, 0.6) is 0 Å². The fourth-order valence-electron chi connectivity index (χ4n) is 2.04. The standard InChI is InChI=1S/2C9H6O6.3Fe/c2*10-7(11)4-1-2-5(8(12)13)6(3-4)9(14)15;;;/h2*1-3H,(H,10,11)(H,12,13)(H,14,15);;;/q;;3*+2/p-6. The monoisotopic (exact) mass is 582 g/mol. The zero-order valence-corrected chi connectivity index (χ0v) is 18.7. The van der Waals surface area contributed by atoms with E-state index in [1.807, 2.05) is 0 Å². The minimum absolute atomic E-state index is 0. The summed E-state index contributed by atoms with van der Waals surface area (Å²) in [5.41, 5.74) is -3.67. The van der Waals surface area contributed by atoms with Crippen LogP contribution in [0.1, 0.15) is 62.1 Å². The average Bonchev–Trinajstić information content (AvgIpc) is 2.67. The van der Waals surface area contributed by atoms with Gasteiger partial charge in [-0.2, -0.15) is 0 Å². The molecule has 0 aliphatic heterocycles. The molecule has 15 heteroatoms. The van der Waals surface area contributed by atoms with Crippen LogP contribution in [-0.4, -0.2) is 35.8 Å². The average molecular weight is 582 g/mol. The van der Waals surface area contributed by atoms with Gasteiger partial charge in [0.25, 0.3) is 0 Å². The summed E-state index contributed by atoms with van der Waals surface area (Å²) >= 11 is 0. The summed E-state index contributed by atoms with van der Waals surface area (Å²) in [5, 5.41) is 62.6. The van der Waals surface area contributed by atoms with E-state index in [1.165, 1.54) is 0 Å². The van der Waals surface area contributed by atoms with Crippen LogP contribution in [0.3, 0.4) is 0 Å². The molecule has 0 bridgehead atoms. The predicted octanol–water partition coefficient (Wildman–Crippen LogP) is -6.45. The van der Waals surface area contributed by atoms with Crippen LogP contribution in [0, 0.1) is 0 Å². The van der Waals surface area contributed by atoms with Gasteiger partial charge in [-0.1, -0.05) is 24.3 Å². The molecule has 12 nitrogen and oxygen atoms in total. The van der Waals surface area contributed by atoms with E-state index in [-0.39, 0.29) is 51.2 Å². The number of hydrogen-bond donors (Lipinski definition) is 0. The predicted molar refractivity (Wildman–Crippen MR) is 78.9 cm³/mol. The molecule has 0 aliphatic rings. The van der Waals surface area contributed by atoms with Crippen LogP contribution in [-0.2, 0) is 51.2 Å². The number of hydrogen-bond acceptors (Lipinski definition) is 12. The Hall–Kier alpha value is -3.18. The third-order valence-corrected chi connectivity index (χ3v) is 3.39. The summed E-state index contributed by atoms with van der Waals surface area (Å²) in [5.74, 6) is -10.3. The maximum Gasteiger partial charge on any atom is 2.00 e. The fraction of sp³-hybridized carbons (Fsp3) is 0. The SMILES string of the molecule is O=C([O-])c1ccc(C(=O)[O-])c(C(=O)[O-])c1.O=C([O-])c1ccc(C(=O)[O-])c(C(=O)[O-])c1.[Fe+2].[Fe+2].[Fe+2]. The molecule has 2 rings (SSSR count). The number of rotatable bonds is 6. The smallest absolute Gasteiger partial charge is 0.545 e. The Morgan fingerprint density at radius 3 is 0.818 bits per heavy atom. The molecule has 0 N–H and O–H groups in total. The van der Waals surface area contributed by atoms with Crippen molar-refractivity contribution in [3.05, 3.63) is 69.8 Å². The molecule has 0 radical (unpaired) electrons. The molecule has 0 saturated heterocycles. The van der Waals surface area contributed by atoms with Gasteiger partial charge in [0.05, 0.1) is 35.8 Å². The van der Waals surface area contributed by atoms with Crippen LogP contribution < -0.4 is 30.6 Å². The van der Waals surface area contributed by atoms with Crippen molar-refractivity contribution in [1.82, 2.24) is 0 Å². The summed E-state index contributed by atoms with van der Waals surface area (Å²) in [6, 6.07) is 4.74. The van der Waals surface area contributed by atoms with Gasteiger partial charge in [0.15, 0.2) is 0 Å². The molecule has 0 unspecified atom stereocenters. The first-order chi connectivity index (χ1) is 13.9. The Kier molecular flexibility index (Phi) is 15.4. The zero-order valence-electron chi connectivity index (χ0n) is 15.4. The Bertz CT molecular complexity index is 996. The Morgan fingerprint density at radius 1 is 0.394 bits per heavy atom. The number of carbonyl (C=O) groups is 6. The van der Waals surface area contributed by atoms with E-state index in [4.69, 9.17) is 0 Å². The van der Waals surface area contributed by atoms with Gasteiger partial charge in [0.2, 0.25) is 0 Å². The second-order valence-electron chi connectivity index (χ2n) is 5.25. The van der Waals surface area contributed by atoms with Gasteiger partial charge in [-0.3, -0.25) is 0 Å². The van der Waals surface area contributed by atoms with Crippen molar-refractivity contribution in [2.24, 2.45) is 0 Å². The molecule has 0 spiro atoms. The molecule has 33 heavy (non-hydrogen) atoms.